The van der Waals surface area contributed by atoms with Gasteiger partial charge in [-0.05, 0) is 36.8 Å². The first-order valence-corrected chi connectivity index (χ1v) is 10.4. The number of piperidine rings is 2. The molecule has 0 aliphatic carbocycles. The van der Waals surface area contributed by atoms with Crippen molar-refractivity contribution in [3.8, 4) is 5.75 Å². The van der Waals surface area contributed by atoms with Gasteiger partial charge < -0.3 is 9.64 Å². The lowest BCUT2D eigenvalue weighted by molar-refractivity contribution is -0.136. The van der Waals surface area contributed by atoms with E-state index in [9.17, 15) is 13.2 Å². The summed E-state index contributed by atoms with van der Waals surface area (Å²) in [5.41, 5.74) is 0.0925. The summed E-state index contributed by atoms with van der Waals surface area (Å²) in [7, 11) is -1.46. The van der Waals surface area contributed by atoms with Crippen molar-refractivity contribution in [2.24, 2.45) is 5.41 Å². The molecule has 0 atom stereocenters. The quantitative estimate of drug-likeness (QED) is 0.796. The van der Waals surface area contributed by atoms with Crippen LogP contribution in [0.25, 0.3) is 0 Å². The standard InChI is InChI=1S/C18H26N2O4S/c1-19-15-18(8-7-17(19)21)9-11-20(12-10-18)25(22,23)14-13-24-16-5-3-2-4-6-16/h2-6H,7-15H2,1H3. The summed E-state index contributed by atoms with van der Waals surface area (Å²) in [6.45, 7) is 1.98. The zero-order valence-electron chi connectivity index (χ0n) is 14.7. The maximum absolute atomic E-state index is 12.5. The van der Waals surface area contributed by atoms with Crippen LogP contribution in [0, 0.1) is 5.41 Å². The van der Waals surface area contributed by atoms with Crippen LogP contribution in [0.3, 0.4) is 0 Å². The Labute approximate surface area is 149 Å². The molecule has 3 rings (SSSR count). The zero-order chi connectivity index (χ0) is 17.9. The number of carbonyl (C=O) groups excluding carboxylic acids is 1. The van der Waals surface area contributed by atoms with Gasteiger partial charge in [0.15, 0.2) is 0 Å². The Morgan fingerprint density at radius 2 is 1.80 bits per heavy atom. The molecule has 0 N–H and O–H groups in total. The fourth-order valence-electron chi connectivity index (χ4n) is 3.79. The predicted molar refractivity (Wildman–Crippen MR) is 95.8 cm³/mol. The zero-order valence-corrected chi connectivity index (χ0v) is 15.5. The number of nitrogens with zero attached hydrogens (tertiary/aromatic N) is 2. The second-order valence-corrected chi connectivity index (χ2v) is 9.21. The maximum atomic E-state index is 12.5. The molecule has 0 unspecified atom stereocenters. The maximum Gasteiger partial charge on any atom is 0.222 e. The van der Waals surface area contributed by atoms with Gasteiger partial charge in [0.05, 0.1) is 5.75 Å². The van der Waals surface area contributed by atoms with E-state index in [0.717, 1.165) is 25.8 Å². The summed E-state index contributed by atoms with van der Waals surface area (Å²) in [5.74, 6) is 0.872. The first kappa shape index (κ1) is 18.2. The molecule has 2 fully saturated rings. The summed E-state index contributed by atoms with van der Waals surface area (Å²) in [4.78, 5) is 13.5. The molecule has 2 heterocycles. The van der Waals surface area contributed by atoms with Crippen molar-refractivity contribution in [1.82, 2.24) is 9.21 Å². The number of para-hydroxylation sites is 1. The highest BCUT2D eigenvalue weighted by Crippen LogP contribution is 2.40. The summed E-state index contributed by atoms with van der Waals surface area (Å²) in [5, 5.41) is 0. The van der Waals surface area contributed by atoms with Crippen LogP contribution in [0.1, 0.15) is 25.7 Å². The van der Waals surface area contributed by atoms with E-state index in [-0.39, 0.29) is 23.7 Å². The van der Waals surface area contributed by atoms with Crippen molar-refractivity contribution >= 4 is 15.9 Å². The number of hydrogen-bond acceptors (Lipinski definition) is 4. The van der Waals surface area contributed by atoms with Crippen LogP contribution in [0.2, 0.25) is 0 Å². The van der Waals surface area contributed by atoms with Gasteiger partial charge in [-0.1, -0.05) is 18.2 Å². The fourth-order valence-corrected chi connectivity index (χ4v) is 5.08. The van der Waals surface area contributed by atoms with Crippen molar-refractivity contribution in [3.63, 3.8) is 0 Å². The Bertz CT molecular complexity index is 697. The van der Waals surface area contributed by atoms with Gasteiger partial charge in [-0.15, -0.1) is 0 Å². The topological polar surface area (TPSA) is 66.9 Å². The minimum Gasteiger partial charge on any atom is -0.492 e. The summed E-state index contributed by atoms with van der Waals surface area (Å²) < 4.78 is 32.2. The van der Waals surface area contributed by atoms with Gasteiger partial charge in [0.2, 0.25) is 15.9 Å². The molecule has 0 saturated carbocycles. The van der Waals surface area contributed by atoms with Crippen LogP contribution >= 0.6 is 0 Å². The minimum atomic E-state index is -3.31. The number of amides is 1. The molecular formula is C18H26N2O4S. The van der Waals surface area contributed by atoms with Crippen LogP contribution in [0.5, 0.6) is 5.75 Å². The van der Waals surface area contributed by atoms with E-state index < -0.39 is 10.0 Å². The number of rotatable bonds is 5. The van der Waals surface area contributed by atoms with Gasteiger partial charge in [0, 0.05) is 33.1 Å². The Balaban J connectivity index is 1.50. The largest absolute Gasteiger partial charge is 0.492 e. The van der Waals surface area contributed by atoms with Crippen molar-refractivity contribution in [3.05, 3.63) is 30.3 Å². The SMILES string of the molecule is CN1CC2(CCC1=O)CCN(S(=O)(=O)CCOc1ccccc1)CC2. The monoisotopic (exact) mass is 366 g/mol. The van der Waals surface area contributed by atoms with E-state index in [2.05, 4.69) is 0 Å². The van der Waals surface area contributed by atoms with Gasteiger partial charge in [-0.25, -0.2) is 12.7 Å². The molecule has 2 saturated heterocycles. The minimum absolute atomic E-state index is 0.00666. The Morgan fingerprint density at radius 3 is 2.44 bits per heavy atom. The second-order valence-electron chi connectivity index (χ2n) is 7.13. The smallest absolute Gasteiger partial charge is 0.222 e. The average Bonchev–Trinajstić information content (AvgIpc) is 2.60. The van der Waals surface area contributed by atoms with Crippen LogP contribution in [-0.2, 0) is 14.8 Å². The third-order valence-electron chi connectivity index (χ3n) is 5.40. The van der Waals surface area contributed by atoms with Crippen LogP contribution in [-0.4, -0.2) is 62.6 Å². The molecule has 0 radical (unpaired) electrons. The number of likely N-dealkylation sites (tertiary alicyclic amines) is 1. The highest BCUT2D eigenvalue weighted by Gasteiger charge is 2.41. The highest BCUT2D eigenvalue weighted by molar-refractivity contribution is 7.89. The molecule has 1 amide bonds. The van der Waals surface area contributed by atoms with E-state index in [1.165, 1.54) is 0 Å². The van der Waals surface area contributed by atoms with Crippen LogP contribution in [0.4, 0.5) is 0 Å². The van der Waals surface area contributed by atoms with Crippen LogP contribution < -0.4 is 4.74 Å². The molecular weight excluding hydrogens is 340 g/mol. The third kappa shape index (κ3) is 4.33. The lowest BCUT2D eigenvalue weighted by Gasteiger charge is -2.46. The fraction of sp³-hybridized carbons (Fsp3) is 0.611. The Kier molecular flexibility index (Phi) is 5.34. The van der Waals surface area contributed by atoms with E-state index >= 15 is 0 Å². The van der Waals surface area contributed by atoms with Crippen molar-refractivity contribution in [2.45, 2.75) is 25.7 Å². The predicted octanol–water partition coefficient (Wildman–Crippen LogP) is 1.73. The Morgan fingerprint density at radius 1 is 1.12 bits per heavy atom. The van der Waals surface area contributed by atoms with E-state index in [4.69, 9.17) is 4.74 Å². The molecule has 138 valence electrons. The molecule has 7 heteroatoms. The molecule has 6 nitrogen and oxygen atoms in total. The number of benzene rings is 1. The summed E-state index contributed by atoms with van der Waals surface area (Å²) in [6, 6.07) is 9.25. The number of sulfonamides is 1. The number of ether oxygens (including phenoxy) is 1. The van der Waals surface area contributed by atoms with Crippen molar-refractivity contribution in [1.29, 1.82) is 0 Å². The number of carbonyl (C=O) groups is 1. The molecule has 1 spiro atoms. The molecule has 1 aromatic carbocycles. The molecule has 2 aliphatic rings. The summed E-state index contributed by atoms with van der Waals surface area (Å²) in [6.07, 6.45) is 3.10. The first-order valence-electron chi connectivity index (χ1n) is 8.80. The lowest BCUT2D eigenvalue weighted by Crippen LogP contribution is -2.51. The van der Waals surface area contributed by atoms with Gasteiger partial charge >= 0.3 is 0 Å². The van der Waals surface area contributed by atoms with Crippen LogP contribution in [0.15, 0.2) is 30.3 Å². The number of hydrogen-bond donors (Lipinski definition) is 0. The molecule has 25 heavy (non-hydrogen) atoms. The molecule has 0 bridgehead atoms. The van der Waals surface area contributed by atoms with E-state index in [0.29, 0.717) is 25.3 Å². The highest BCUT2D eigenvalue weighted by atomic mass is 32.2. The van der Waals surface area contributed by atoms with Crippen molar-refractivity contribution in [2.75, 3.05) is 39.0 Å². The molecule has 0 aromatic heterocycles. The average molecular weight is 366 g/mol. The lowest BCUT2D eigenvalue weighted by atomic mass is 9.73. The normalized spacial score (nSPS) is 21.5. The van der Waals surface area contributed by atoms with Gasteiger partial charge in [-0.2, -0.15) is 0 Å². The van der Waals surface area contributed by atoms with Crippen molar-refractivity contribution < 1.29 is 17.9 Å². The van der Waals surface area contributed by atoms with Gasteiger partial charge in [-0.3, -0.25) is 4.79 Å². The van der Waals surface area contributed by atoms with E-state index in [1.54, 1.807) is 9.21 Å². The third-order valence-corrected chi connectivity index (χ3v) is 7.23. The summed E-state index contributed by atoms with van der Waals surface area (Å²) >= 11 is 0. The van der Waals surface area contributed by atoms with E-state index in [1.807, 2.05) is 37.4 Å². The molecule has 1 aromatic rings. The first-order chi connectivity index (χ1) is 11.9. The Hall–Kier alpha value is -1.60. The van der Waals surface area contributed by atoms with Gasteiger partial charge in [0.1, 0.15) is 12.4 Å². The molecule has 2 aliphatic heterocycles. The second kappa shape index (κ2) is 7.33. The van der Waals surface area contributed by atoms with Gasteiger partial charge in [0.25, 0.3) is 0 Å².